The van der Waals surface area contributed by atoms with E-state index in [1.165, 1.54) is 7.11 Å². The molecule has 22 heavy (non-hydrogen) atoms. The quantitative estimate of drug-likeness (QED) is 0.635. The Morgan fingerprint density at radius 2 is 1.77 bits per heavy atom. The number of rotatable bonds is 6. The van der Waals surface area contributed by atoms with Crippen LogP contribution >= 0.6 is 0 Å². The molecule has 1 unspecified atom stereocenters. The average Bonchev–Trinajstić information content (AvgIpc) is 2.54. The Morgan fingerprint density at radius 3 is 2.41 bits per heavy atom. The van der Waals surface area contributed by atoms with Crippen molar-refractivity contribution in [1.29, 1.82) is 0 Å². The number of nitrogens with two attached hydrogens (primary N) is 2. The lowest BCUT2D eigenvalue weighted by atomic mass is 9.92. The van der Waals surface area contributed by atoms with Crippen LogP contribution in [0, 0.1) is 5.92 Å². The second kappa shape index (κ2) is 7.50. The number of methoxy groups -OCH3 is 1. The fourth-order valence-electron chi connectivity index (χ4n) is 2.50. The Kier molecular flexibility index (Phi) is 5.42. The first kappa shape index (κ1) is 15.9. The summed E-state index contributed by atoms with van der Waals surface area (Å²) in [4.78, 5) is 12.0. The van der Waals surface area contributed by atoms with Crippen LogP contribution in [0.25, 0.3) is 0 Å². The molecule has 0 radical (unpaired) electrons. The Morgan fingerprint density at radius 1 is 1.09 bits per heavy atom. The molecule has 4 nitrogen and oxygen atoms in total. The van der Waals surface area contributed by atoms with Crippen LogP contribution in [-0.4, -0.2) is 13.1 Å². The highest BCUT2D eigenvalue weighted by Crippen LogP contribution is 2.20. The summed E-state index contributed by atoms with van der Waals surface area (Å²) in [5, 5.41) is 0. The molecule has 0 bridgehead atoms. The number of nitrogen functional groups attached to an aromatic ring is 2. The maximum atomic E-state index is 12.0. The minimum Gasteiger partial charge on any atom is -0.469 e. The summed E-state index contributed by atoms with van der Waals surface area (Å²) < 4.78 is 4.93. The van der Waals surface area contributed by atoms with E-state index in [0.717, 1.165) is 28.9 Å². The highest BCUT2D eigenvalue weighted by atomic mass is 16.5. The van der Waals surface area contributed by atoms with Gasteiger partial charge in [-0.05, 0) is 48.6 Å². The Bertz CT molecular complexity index is 623. The van der Waals surface area contributed by atoms with Gasteiger partial charge in [-0.3, -0.25) is 4.79 Å². The summed E-state index contributed by atoms with van der Waals surface area (Å²) >= 11 is 0. The normalized spacial score (nSPS) is 11.9. The SMILES string of the molecule is COC(=O)C(CCc1ccccc1N)Cc1ccc(N)cc1. The van der Waals surface area contributed by atoms with Gasteiger partial charge in [0.1, 0.15) is 0 Å². The molecule has 0 spiro atoms. The van der Waals surface area contributed by atoms with Gasteiger partial charge < -0.3 is 16.2 Å². The van der Waals surface area contributed by atoms with Crippen molar-refractivity contribution in [3.63, 3.8) is 0 Å². The van der Waals surface area contributed by atoms with Gasteiger partial charge in [0, 0.05) is 11.4 Å². The van der Waals surface area contributed by atoms with Crippen molar-refractivity contribution in [1.82, 2.24) is 0 Å². The van der Waals surface area contributed by atoms with Crippen molar-refractivity contribution in [3.8, 4) is 0 Å². The molecular formula is C18H22N2O2. The molecule has 0 aliphatic rings. The number of para-hydroxylation sites is 1. The zero-order chi connectivity index (χ0) is 15.9. The maximum absolute atomic E-state index is 12.0. The first-order chi connectivity index (χ1) is 10.6. The minimum absolute atomic E-state index is 0.187. The molecule has 2 aromatic rings. The topological polar surface area (TPSA) is 78.3 Å². The highest BCUT2D eigenvalue weighted by molar-refractivity contribution is 5.72. The molecule has 0 amide bonds. The van der Waals surface area contributed by atoms with Crippen molar-refractivity contribution in [3.05, 3.63) is 59.7 Å². The van der Waals surface area contributed by atoms with E-state index >= 15 is 0 Å². The fraction of sp³-hybridized carbons (Fsp3) is 0.278. The molecule has 1 atom stereocenters. The molecule has 0 aromatic heterocycles. The number of anilines is 2. The van der Waals surface area contributed by atoms with E-state index < -0.39 is 0 Å². The molecule has 2 rings (SSSR count). The van der Waals surface area contributed by atoms with Gasteiger partial charge in [-0.2, -0.15) is 0 Å². The second-order valence-corrected chi connectivity index (χ2v) is 5.40. The van der Waals surface area contributed by atoms with Gasteiger partial charge in [0.2, 0.25) is 0 Å². The second-order valence-electron chi connectivity index (χ2n) is 5.40. The van der Waals surface area contributed by atoms with E-state index in [-0.39, 0.29) is 11.9 Å². The third-order valence-electron chi connectivity index (χ3n) is 3.81. The summed E-state index contributed by atoms with van der Waals surface area (Å²) in [5.41, 5.74) is 15.3. The number of aryl methyl sites for hydroxylation is 1. The summed E-state index contributed by atoms with van der Waals surface area (Å²) in [6.45, 7) is 0. The van der Waals surface area contributed by atoms with E-state index in [2.05, 4.69) is 0 Å². The first-order valence-corrected chi connectivity index (χ1v) is 7.35. The third kappa shape index (κ3) is 4.25. The number of hydrogen-bond acceptors (Lipinski definition) is 4. The summed E-state index contributed by atoms with van der Waals surface area (Å²) in [7, 11) is 1.43. The lowest BCUT2D eigenvalue weighted by Gasteiger charge is -2.15. The van der Waals surface area contributed by atoms with Gasteiger partial charge >= 0.3 is 5.97 Å². The first-order valence-electron chi connectivity index (χ1n) is 7.35. The van der Waals surface area contributed by atoms with Crippen molar-refractivity contribution in [2.24, 2.45) is 5.92 Å². The van der Waals surface area contributed by atoms with Crippen molar-refractivity contribution in [2.45, 2.75) is 19.3 Å². The van der Waals surface area contributed by atoms with E-state index in [0.29, 0.717) is 12.8 Å². The summed E-state index contributed by atoms with van der Waals surface area (Å²) in [6.07, 6.45) is 2.09. The van der Waals surface area contributed by atoms with Gasteiger partial charge in [0.05, 0.1) is 13.0 Å². The lowest BCUT2D eigenvalue weighted by Crippen LogP contribution is -2.19. The zero-order valence-corrected chi connectivity index (χ0v) is 12.8. The zero-order valence-electron chi connectivity index (χ0n) is 12.8. The minimum atomic E-state index is -0.189. The summed E-state index contributed by atoms with van der Waals surface area (Å²) in [5.74, 6) is -0.375. The maximum Gasteiger partial charge on any atom is 0.309 e. The molecule has 116 valence electrons. The molecule has 0 heterocycles. The van der Waals surface area contributed by atoms with Crippen LogP contribution in [0.15, 0.2) is 48.5 Å². The monoisotopic (exact) mass is 298 g/mol. The van der Waals surface area contributed by atoms with Crippen molar-refractivity contribution in [2.75, 3.05) is 18.6 Å². The van der Waals surface area contributed by atoms with Crippen LogP contribution in [0.4, 0.5) is 11.4 Å². The number of ether oxygens (including phenoxy) is 1. The summed E-state index contributed by atoms with van der Waals surface area (Å²) in [6, 6.07) is 15.3. The standard InChI is InChI=1S/C18H22N2O2/c1-22-18(21)15(12-13-6-10-16(19)11-7-13)9-8-14-4-2-3-5-17(14)20/h2-7,10-11,15H,8-9,12,19-20H2,1H3. The fourth-order valence-corrected chi connectivity index (χ4v) is 2.50. The number of carbonyl (C=O) groups is 1. The highest BCUT2D eigenvalue weighted by Gasteiger charge is 2.20. The average molecular weight is 298 g/mol. The van der Waals surface area contributed by atoms with Gasteiger partial charge in [-0.25, -0.2) is 0 Å². The predicted octanol–water partition coefficient (Wildman–Crippen LogP) is 2.82. The molecular weight excluding hydrogens is 276 g/mol. The number of benzene rings is 2. The van der Waals surface area contributed by atoms with Crippen LogP contribution < -0.4 is 11.5 Å². The van der Waals surface area contributed by atoms with Crippen LogP contribution in [0.5, 0.6) is 0 Å². The molecule has 0 fully saturated rings. The molecule has 0 aliphatic heterocycles. The smallest absolute Gasteiger partial charge is 0.309 e. The van der Waals surface area contributed by atoms with E-state index in [1.807, 2.05) is 48.5 Å². The molecule has 0 aliphatic carbocycles. The molecule has 0 saturated heterocycles. The Labute approximate surface area is 131 Å². The van der Waals surface area contributed by atoms with Crippen LogP contribution in [-0.2, 0) is 22.4 Å². The molecule has 0 saturated carbocycles. The van der Waals surface area contributed by atoms with Crippen molar-refractivity contribution < 1.29 is 9.53 Å². The van der Waals surface area contributed by atoms with E-state index in [4.69, 9.17) is 16.2 Å². The third-order valence-corrected chi connectivity index (χ3v) is 3.81. The predicted molar refractivity (Wildman–Crippen MR) is 89.2 cm³/mol. The number of hydrogen-bond donors (Lipinski definition) is 2. The van der Waals surface area contributed by atoms with E-state index in [9.17, 15) is 4.79 Å². The van der Waals surface area contributed by atoms with Gasteiger partial charge in [0.25, 0.3) is 0 Å². The molecule has 2 aromatic carbocycles. The van der Waals surface area contributed by atoms with Gasteiger partial charge in [-0.15, -0.1) is 0 Å². The van der Waals surface area contributed by atoms with Crippen LogP contribution in [0.1, 0.15) is 17.5 Å². The van der Waals surface area contributed by atoms with Crippen LogP contribution in [0.2, 0.25) is 0 Å². The van der Waals surface area contributed by atoms with Crippen molar-refractivity contribution >= 4 is 17.3 Å². The number of carbonyl (C=O) groups excluding carboxylic acids is 1. The van der Waals surface area contributed by atoms with E-state index in [1.54, 1.807) is 0 Å². The largest absolute Gasteiger partial charge is 0.469 e. The Balaban J connectivity index is 2.05. The van der Waals surface area contributed by atoms with Gasteiger partial charge in [-0.1, -0.05) is 30.3 Å². The van der Waals surface area contributed by atoms with Gasteiger partial charge in [0.15, 0.2) is 0 Å². The Hall–Kier alpha value is -2.49. The molecule has 4 heteroatoms. The van der Waals surface area contributed by atoms with Crippen LogP contribution in [0.3, 0.4) is 0 Å². The number of esters is 1. The molecule has 4 N–H and O–H groups in total. The lowest BCUT2D eigenvalue weighted by molar-refractivity contribution is -0.145.